The SMILES string of the molecule is CC(C)[Si](Oc1ccc(C2COC3(CCNCC3)C2)cc1Cl)(C(C)C)C(C)C. The van der Waals surface area contributed by atoms with E-state index in [0.29, 0.717) is 22.5 Å². The molecule has 2 fully saturated rings. The number of hydrogen-bond donors (Lipinski definition) is 1. The van der Waals surface area contributed by atoms with Crippen LogP contribution in [0.1, 0.15) is 72.3 Å². The van der Waals surface area contributed by atoms with Crippen molar-refractivity contribution >= 4 is 19.9 Å². The Morgan fingerprint density at radius 1 is 1.07 bits per heavy atom. The zero-order chi connectivity index (χ0) is 20.5. The Morgan fingerprint density at radius 2 is 1.68 bits per heavy atom. The minimum absolute atomic E-state index is 0.0760. The van der Waals surface area contributed by atoms with E-state index in [4.69, 9.17) is 20.8 Å². The van der Waals surface area contributed by atoms with Crippen LogP contribution in [0.4, 0.5) is 0 Å². The minimum atomic E-state index is -2.00. The molecule has 0 aliphatic carbocycles. The van der Waals surface area contributed by atoms with Crippen molar-refractivity contribution in [2.75, 3.05) is 19.7 Å². The summed E-state index contributed by atoms with van der Waals surface area (Å²) in [5, 5.41) is 4.19. The van der Waals surface area contributed by atoms with Crippen molar-refractivity contribution in [3.8, 4) is 5.75 Å². The number of ether oxygens (including phenoxy) is 1. The monoisotopic (exact) mass is 423 g/mol. The predicted octanol–water partition coefficient (Wildman–Crippen LogP) is 6.52. The number of halogens is 1. The van der Waals surface area contributed by atoms with Gasteiger partial charge in [-0.05, 0) is 66.7 Å². The molecule has 2 aliphatic rings. The number of hydrogen-bond acceptors (Lipinski definition) is 3. The standard InChI is InChI=1S/C23H38ClNO2Si/c1-16(2)28(17(3)4,18(5)6)27-22-8-7-19(13-21(22)24)20-14-23(26-15-20)9-11-25-12-10-23/h7-8,13,16-18,20,25H,9-12,14-15H2,1-6H3. The zero-order valence-corrected chi connectivity index (χ0v) is 20.2. The Balaban J connectivity index is 1.79. The summed E-state index contributed by atoms with van der Waals surface area (Å²) >= 11 is 6.75. The van der Waals surface area contributed by atoms with Crippen LogP contribution in [0.5, 0.6) is 5.75 Å². The van der Waals surface area contributed by atoms with Gasteiger partial charge in [0.05, 0.1) is 17.2 Å². The molecule has 5 heteroatoms. The van der Waals surface area contributed by atoms with Gasteiger partial charge in [-0.3, -0.25) is 0 Å². The second kappa shape index (κ2) is 8.67. The minimum Gasteiger partial charge on any atom is -0.542 e. The summed E-state index contributed by atoms with van der Waals surface area (Å²) in [7, 11) is -2.00. The Morgan fingerprint density at radius 3 is 2.21 bits per heavy atom. The lowest BCUT2D eigenvalue weighted by Gasteiger charge is -2.42. The molecule has 0 amide bonds. The van der Waals surface area contributed by atoms with Crippen molar-refractivity contribution in [2.45, 2.75) is 88.9 Å². The van der Waals surface area contributed by atoms with E-state index in [1.165, 1.54) is 5.56 Å². The number of nitrogens with one attached hydrogen (secondary N) is 1. The molecule has 0 bridgehead atoms. The van der Waals surface area contributed by atoms with Crippen molar-refractivity contribution < 1.29 is 9.16 Å². The van der Waals surface area contributed by atoms with Crippen LogP contribution >= 0.6 is 11.6 Å². The summed E-state index contributed by atoms with van der Waals surface area (Å²) < 4.78 is 13.1. The molecule has 0 saturated carbocycles. The average molecular weight is 424 g/mol. The maximum atomic E-state index is 6.81. The van der Waals surface area contributed by atoms with Crippen LogP contribution in [-0.2, 0) is 4.74 Å². The fourth-order valence-electron chi connectivity index (χ4n) is 5.69. The van der Waals surface area contributed by atoms with E-state index in [1.54, 1.807) is 0 Å². The first-order valence-corrected chi connectivity index (χ1v) is 13.5. The molecule has 1 N–H and O–H groups in total. The van der Waals surface area contributed by atoms with E-state index in [9.17, 15) is 0 Å². The molecule has 1 unspecified atom stereocenters. The van der Waals surface area contributed by atoms with Gasteiger partial charge >= 0.3 is 0 Å². The summed E-state index contributed by atoms with van der Waals surface area (Å²) in [5.41, 5.74) is 2.97. The fourth-order valence-corrected chi connectivity index (χ4v) is 11.2. The largest absolute Gasteiger partial charge is 0.542 e. The summed E-state index contributed by atoms with van der Waals surface area (Å²) in [6, 6.07) is 6.46. The van der Waals surface area contributed by atoms with Crippen molar-refractivity contribution in [1.29, 1.82) is 0 Å². The van der Waals surface area contributed by atoms with Gasteiger partial charge in [0, 0.05) is 5.92 Å². The molecule has 2 aliphatic heterocycles. The van der Waals surface area contributed by atoms with Crippen LogP contribution in [-0.4, -0.2) is 33.6 Å². The molecule has 0 aromatic heterocycles. The molecule has 158 valence electrons. The van der Waals surface area contributed by atoms with Crippen LogP contribution in [0.3, 0.4) is 0 Å². The maximum Gasteiger partial charge on any atom is 0.258 e. The van der Waals surface area contributed by atoms with Crippen molar-refractivity contribution in [3.63, 3.8) is 0 Å². The third-order valence-corrected chi connectivity index (χ3v) is 13.4. The van der Waals surface area contributed by atoms with Crippen LogP contribution in [0, 0.1) is 0 Å². The fraction of sp³-hybridized carbons (Fsp3) is 0.739. The summed E-state index contributed by atoms with van der Waals surface area (Å²) in [6.07, 6.45) is 3.33. The topological polar surface area (TPSA) is 30.5 Å². The highest BCUT2D eigenvalue weighted by Crippen LogP contribution is 2.46. The van der Waals surface area contributed by atoms with Gasteiger partial charge in [-0.2, -0.15) is 0 Å². The molecular weight excluding hydrogens is 386 g/mol. The highest BCUT2D eigenvalue weighted by atomic mass is 35.5. The first-order chi connectivity index (χ1) is 13.2. The van der Waals surface area contributed by atoms with Gasteiger partial charge in [-0.15, -0.1) is 0 Å². The first-order valence-electron chi connectivity index (χ1n) is 11.0. The molecule has 1 atom stereocenters. The third kappa shape index (κ3) is 4.16. The van der Waals surface area contributed by atoms with E-state index in [0.717, 1.165) is 49.7 Å². The normalized spacial score (nSPS) is 22.6. The Labute approximate surface area is 177 Å². The molecule has 1 aromatic carbocycles. The van der Waals surface area contributed by atoms with Crippen LogP contribution < -0.4 is 9.74 Å². The molecule has 1 aromatic rings. The summed E-state index contributed by atoms with van der Waals surface area (Å²) in [6.45, 7) is 16.8. The van der Waals surface area contributed by atoms with E-state index < -0.39 is 8.32 Å². The lowest BCUT2D eigenvalue weighted by atomic mass is 9.84. The molecule has 2 saturated heterocycles. The van der Waals surface area contributed by atoms with E-state index in [2.05, 4.69) is 65.1 Å². The predicted molar refractivity (Wildman–Crippen MR) is 121 cm³/mol. The molecular formula is C23H38ClNO2Si. The molecule has 3 rings (SSSR count). The lowest BCUT2D eigenvalue weighted by Crippen LogP contribution is -2.50. The lowest BCUT2D eigenvalue weighted by molar-refractivity contribution is -0.0193. The van der Waals surface area contributed by atoms with Gasteiger partial charge in [0.1, 0.15) is 5.75 Å². The Hall–Kier alpha value is -0.553. The van der Waals surface area contributed by atoms with Crippen molar-refractivity contribution in [3.05, 3.63) is 28.8 Å². The second-order valence-corrected chi connectivity index (χ2v) is 15.5. The molecule has 28 heavy (non-hydrogen) atoms. The van der Waals surface area contributed by atoms with E-state index >= 15 is 0 Å². The second-order valence-electron chi connectivity index (χ2n) is 9.75. The van der Waals surface area contributed by atoms with Crippen LogP contribution in [0.25, 0.3) is 0 Å². The highest BCUT2D eigenvalue weighted by Gasteiger charge is 2.47. The first kappa shape index (κ1) is 22.1. The molecule has 2 heterocycles. The van der Waals surface area contributed by atoms with Crippen molar-refractivity contribution in [2.24, 2.45) is 0 Å². The molecule has 0 radical (unpaired) electrons. The van der Waals surface area contributed by atoms with Gasteiger partial charge in [-0.25, -0.2) is 0 Å². The highest BCUT2D eigenvalue weighted by molar-refractivity contribution is 6.78. The van der Waals surface area contributed by atoms with Gasteiger partial charge in [-0.1, -0.05) is 59.2 Å². The quantitative estimate of drug-likeness (QED) is 0.528. The summed E-state index contributed by atoms with van der Waals surface area (Å²) in [5.74, 6) is 1.30. The number of piperidine rings is 1. The number of rotatable bonds is 6. The van der Waals surface area contributed by atoms with Gasteiger partial charge in [0.15, 0.2) is 0 Å². The smallest absolute Gasteiger partial charge is 0.258 e. The summed E-state index contributed by atoms with van der Waals surface area (Å²) in [4.78, 5) is 0. The van der Waals surface area contributed by atoms with Crippen molar-refractivity contribution in [1.82, 2.24) is 5.32 Å². The molecule has 3 nitrogen and oxygen atoms in total. The van der Waals surface area contributed by atoms with Crippen LogP contribution in [0.2, 0.25) is 21.6 Å². The van der Waals surface area contributed by atoms with E-state index in [-0.39, 0.29) is 5.60 Å². The van der Waals surface area contributed by atoms with Gasteiger partial charge in [0.25, 0.3) is 8.32 Å². The molecule has 1 spiro atoms. The Kier molecular flexibility index (Phi) is 6.85. The maximum absolute atomic E-state index is 6.81. The Bertz CT molecular complexity index is 649. The number of benzene rings is 1. The van der Waals surface area contributed by atoms with Gasteiger partial charge in [0.2, 0.25) is 0 Å². The van der Waals surface area contributed by atoms with Crippen LogP contribution in [0.15, 0.2) is 18.2 Å². The zero-order valence-electron chi connectivity index (χ0n) is 18.5. The average Bonchev–Trinajstić information content (AvgIpc) is 3.03. The van der Waals surface area contributed by atoms with E-state index in [1.807, 2.05) is 0 Å². The van der Waals surface area contributed by atoms with Gasteiger partial charge < -0.3 is 14.5 Å². The third-order valence-electron chi connectivity index (χ3n) is 7.15.